The molecule has 10 heteroatoms. The molecule has 1 aliphatic heterocycles. The van der Waals surface area contributed by atoms with E-state index < -0.39 is 5.91 Å². The Morgan fingerprint density at radius 3 is 2.59 bits per heavy atom. The number of nitrogens with zero attached hydrogens (tertiary/aromatic N) is 7. The predicted molar refractivity (Wildman–Crippen MR) is 106 cm³/mol. The lowest BCUT2D eigenvalue weighted by Crippen LogP contribution is -2.41. The van der Waals surface area contributed by atoms with Crippen molar-refractivity contribution >= 4 is 34.9 Å². The Labute approximate surface area is 166 Å². The van der Waals surface area contributed by atoms with Gasteiger partial charge in [-0.1, -0.05) is 12.1 Å². The second-order valence-electron chi connectivity index (χ2n) is 6.23. The van der Waals surface area contributed by atoms with Gasteiger partial charge in [0.05, 0.1) is 12.7 Å². The fourth-order valence-electron chi connectivity index (χ4n) is 2.98. The number of benzene rings is 1. The average molecular weight is 391 g/mol. The normalized spacial score (nSPS) is 13.3. The Bertz CT molecular complexity index is 1120. The quantitative estimate of drug-likeness (QED) is 0.634. The molecule has 2 aromatic heterocycles. The third-order valence-electron chi connectivity index (χ3n) is 4.47. The maximum atomic E-state index is 13.0. The summed E-state index contributed by atoms with van der Waals surface area (Å²) < 4.78 is 6.43. The number of pyridine rings is 1. The molecular formula is C19H17N7O3. The highest BCUT2D eigenvalue weighted by atomic mass is 16.5. The minimum atomic E-state index is -0.428. The van der Waals surface area contributed by atoms with Gasteiger partial charge in [0, 0.05) is 26.5 Å². The number of hydrogen-bond acceptors (Lipinski definition) is 7. The van der Waals surface area contributed by atoms with Gasteiger partial charge in [0.25, 0.3) is 5.91 Å². The van der Waals surface area contributed by atoms with Crippen molar-refractivity contribution < 1.29 is 14.3 Å². The molecule has 0 saturated heterocycles. The molecule has 29 heavy (non-hydrogen) atoms. The van der Waals surface area contributed by atoms with E-state index in [-0.39, 0.29) is 17.7 Å². The number of azo groups is 1. The van der Waals surface area contributed by atoms with E-state index in [1.54, 1.807) is 51.7 Å². The Morgan fingerprint density at radius 2 is 1.86 bits per heavy atom. The first-order chi connectivity index (χ1) is 14.0. The SMILES string of the molecule is COc1ccccc1N=Nc1c2nn(C(=O)c3cccnc3)c1N(C)C(=O)N2C. The number of amides is 2. The van der Waals surface area contributed by atoms with Gasteiger partial charge >= 0.3 is 6.03 Å². The second-order valence-corrected chi connectivity index (χ2v) is 6.23. The Kier molecular flexibility index (Phi) is 4.51. The molecule has 0 saturated carbocycles. The lowest BCUT2D eigenvalue weighted by Gasteiger charge is -2.26. The van der Waals surface area contributed by atoms with E-state index in [4.69, 9.17) is 4.74 Å². The first kappa shape index (κ1) is 18.3. The summed E-state index contributed by atoms with van der Waals surface area (Å²) in [4.78, 5) is 32.1. The first-order valence-electron chi connectivity index (χ1n) is 8.67. The number of methoxy groups -OCH3 is 1. The maximum absolute atomic E-state index is 13.0. The van der Waals surface area contributed by atoms with Crippen LogP contribution in [0.15, 0.2) is 59.0 Å². The molecular weight excluding hydrogens is 374 g/mol. The third-order valence-corrected chi connectivity index (χ3v) is 4.47. The van der Waals surface area contributed by atoms with E-state index in [0.717, 1.165) is 4.68 Å². The van der Waals surface area contributed by atoms with Gasteiger partial charge in [0.1, 0.15) is 11.4 Å². The average Bonchev–Trinajstić information content (AvgIpc) is 3.11. The fraction of sp³-hybridized carbons (Fsp3) is 0.158. The fourth-order valence-corrected chi connectivity index (χ4v) is 2.98. The summed E-state index contributed by atoms with van der Waals surface area (Å²) in [7, 11) is 4.65. The summed E-state index contributed by atoms with van der Waals surface area (Å²) >= 11 is 0. The van der Waals surface area contributed by atoms with E-state index in [2.05, 4.69) is 20.3 Å². The van der Waals surface area contributed by atoms with E-state index >= 15 is 0 Å². The van der Waals surface area contributed by atoms with Gasteiger partial charge in [0.15, 0.2) is 17.3 Å². The van der Waals surface area contributed by atoms with Crippen LogP contribution in [0.4, 0.5) is 27.8 Å². The van der Waals surface area contributed by atoms with Gasteiger partial charge in [0.2, 0.25) is 0 Å². The van der Waals surface area contributed by atoms with Crippen LogP contribution in [0.5, 0.6) is 5.75 Å². The molecule has 2 amide bonds. The van der Waals surface area contributed by atoms with E-state index in [1.165, 1.54) is 16.0 Å². The van der Waals surface area contributed by atoms with Crippen LogP contribution in [0.3, 0.4) is 0 Å². The smallest absolute Gasteiger partial charge is 0.330 e. The van der Waals surface area contributed by atoms with E-state index in [1.807, 2.05) is 12.1 Å². The minimum Gasteiger partial charge on any atom is -0.494 e. The van der Waals surface area contributed by atoms with Gasteiger partial charge in [-0.2, -0.15) is 4.68 Å². The van der Waals surface area contributed by atoms with Crippen LogP contribution in [0.25, 0.3) is 0 Å². The lowest BCUT2D eigenvalue weighted by molar-refractivity contribution is 0.0947. The van der Waals surface area contributed by atoms with Gasteiger partial charge in [-0.15, -0.1) is 15.3 Å². The molecule has 0 unspecified atom stereocenters. The molecule has 0 fully saturated rings. The molecule has 3 heterocycles. The summed E-state index contributed by atoms with van der Waals surface area (Å²) in [5.41, 5.74) is 1.15. The summed E-state index contributed by atoms with van der Waals surface area (Å²) in [6.45, 7) is 0. The molecule has 146 valence electrons. The molecule has 2 bridgehead atoms. The first-order valence-corrected chi connectivity index (χ1v) is 8.67. The highest BCUT2D eigenvalue weighted by Gasteiger charge is 2.37. The third kappa shape index (κ3) is 3.00. The van der Waals surface area contributed by atoms with E-state index in [9.17, 15) is 9.59 Å². The summed E-state index contributed by atoms with van der Waals surface area (Å²) in [6.07, 6.45) is 3.01. The molecule has 3 aromatic rings. The highest BCUT2D eigenvalue weighted by Crippen LogP contribution is 2.43. The standard InChI is InChI=1S/C19H17N7O3/c1-24-16-15(22-21-13-8-4-5-9-14(13)29-3)17(25(2)19(24)28)26(23-16)18(27)12-7-6-10-20-11-12/h4-11H,1-3H3. The van der Waals surface area contributed by atoms with Crippen molar-refractivity contribution in [3.63, 3.8) is 0 Å². The van der Waals surface area contributed by atoms with Gasteiger partial charge in [-0.3, -0.25) is 19.6 Å². The monoisotopic (exact) mass is 391 g/mol. The highest BCUT2D eigenvalue weighted by molar-refractivity contribution is 6.13. The molecule has 1 aromatic carbocycles. The Balaban J connectivity index is 1.84. The number of fused-ring (bicyclic) bond motifs is 2. The molecule has 0 N–H and O–H groups in total. The van der Waals surface area contributed by atoms with Crippen molar-refractivity contribution in [1.82, 2.24) is 14.8 Å². The van der Waals surface area contributed by atoms with Crippen LogP contribution in [0.1, 0.15) is 10.4 Å². The Morgan fingerprint density at radius 1 is 1.07 bits per heavy atom. The van der Waals surface area contributed by atoms with Crippen LogP contribution < -0.4 is 14.5 Å². The topological polar surface area (TPSA) is 105 Å². The number of para-hydroxylation sites is 1. The van der Waals surface area contributed by atoms with Crippen LogP contribution >= 0.6 is 0 Å². The zero-order valence-corrected chi connectivity index (χ0v) is 16.0. The number of rotatable bonds is 4. The van der Waals surface area contributed by atoms with Crippen LogP contribution in [-0.4, -0.2) is 47.9 Å². The van der Waals surface area contributed by atoms with Crippen LogP contribution in [0.2, 0.25) is 0 Å². The number of carbonyl (C=O) groups is 2. The lowest BCUT2D eigenvalue weighted by atomic mass is 10.2. The molecule has 0 radical (unpaired) electrons. The zero-order chi connectivity index (χ0) is 20.5. The molecule has 1 aliphatic rings. The molecule has 10 nitrogen and oxygen atoms in total. The van der Waals surface area contributed by atoms with Crippen molar-refractivity contribution in [1.29, 1.82) is 0 Å². The van der Waals surface area contributed by atoms with Gasteiger partial charge in [-0.25, -0.2) is 4.79 Å². The molecule has 0 spiro atoms. The van der Waals surface area contributed by atoms with Crippen molar-refractivity contribution in [2.75, 3.05) is 31.0 Å². The maximum Gasteiger partial charge on any atom is 0.330 e. The minimum absolute atomic E-state index is 0.232. The zero-order valence-electron chi connectivity index (χ0n) is 16.0. The number of carbonyl (C=O) groups excluding carboxylic acids is 2. The number of ether oxygens (including phenoxy) is 1. The van der Waals surface area contributed by atoms with Gasteiger partial charge < -0.3 is 4.74 Å². The molecule has 0 aliphatic carbocycles. The van der Waals surface area contributed by atoms with Crippen LogP contribution in [0, 0.1) is 0 Å². The largest absolute Gasteiger partial charge is 0.494 e. The number of anilines is 2. The summed E-state index contributed by atoms with van der Waals surface area (Å²) in [5.74, 6) is 0.589. The second kappa shape index (κ2) is 7.15. The number of aromatic nitrogens is 3. The Hall–Kier alpha value is -4.08. The van der Waals surface area contributed by atoms with E-state index in [0.29, 0.717) is 22.7 Å². The van der Waals surface area contributed by atoms with Crippen LogP contribution in [-0.2, 0) is 0 Å². The number of hydrogen-bond donors (Lipinski definition) is 0. The van der Waals surface area contributed by atoms with Crippen molar-refractivity contribution in [2.24, 2.45) is 10.2 Å². The van der Waals surface area contributed by atoms with Gasteiger partial charge in [-0.05, 0) is 24.3 Å². The predicted octanol–water partition coefficient (Wildman–Crippen LogP) is 3.40. The molecule has 4 rings (SSSR count). The van der Waals surface area contributed by atoms with Crippen molar-refractivity contribution in [3.05, 3.63) is 54.4 Å². The van der Waals surface area contributed by atoms with Crippen molar-refractivity contribution in [3.8, 4) is 5.75 Å². The van der Waals surface area contributed by atoms with Crippen molar-refractivity contribution in [2.45, 2.75) is 0 Å². The number of urea groups is 1. The summed E-state index contributed by atoms with van der Waals surface area (Å²) in [5, 5.41) is 12.9. The molecule has 0 atom stereocenters. The summed E-state index contributed by atoms with van der Waals surface area (Å²) in [6, 6.07) is 10.1.